The Hall–Kier alpha value is -0.0800. The van der Waals surface area contributed by atoms with Gasteiger partial charge in [0.25, 0.3) is 0 Å². The molecule has 0 aliphatic carbocycles. The number of hydrogen-bond donors (Lipinski definition) is 1. The molecule has 2 nitrogen and oxygen atoms in total. The summed E-state index contributed by atoms with van der Waals surface area (Å²) >= 11 is 0. The van der Waals surface area contributed by atoms with Crippen molar-refractivity contribution >= 4 is 0 Å². The quantitative estimate of drug-likeness (QED) is 0.749. The third-order valence-electron chi connectivity index (χ3n) is 4.21. The van der Waals surface area contributed by atoms with Crippen LogP contribution >= 0.6 is 0 Å². The van der Waals surface area contributed by atoms with Crippen LogP contribution in [0.4, 0.5) is 0 Å². The molecule has 2 heteroatoms. The molecule has 1 N–H and O–H groups in total. The van der Waals surface area contributed by atoms with Crippen molar-refractivity contribution in [1.82, 2.24) is 10.2 Å². The van der Waals surface area contributed by atoms with Gasteiger partial charge in [-0.1, -0.05) is 26.7 Å². The summed E-state index contributed by atoms with van der Waals surface area (Å²) in [7, 11) is 2.25. The van der Waals surface area contributed by atoms with Crippen LogP contribution in [0.25, 0.3) is 0 Å². The summed E-state index contributed by atoms with van der Waals surface area (Å²) in [5, 5.41) is 3.75. The minimum Gasteiger partial charge on any atom is -0.314 e. The van der Waals surface area contributed by atoms with Crippen LogP contribution in [0.5, 0.6) is 0 Å². The first-order valence-corrected chi connectivity index (χ1v) is 7.09. The summed E-state index contributed by atoms with van der Waals surface area (Å²) in [4.78, 5) is 2.47. The standard InChI is InChI=1S/C14H30N2/c1-5-14(6-2)12(3)15-10-13-8-7-9-16(4)11-13/h12-15H,5-11H2,1-4H3. The van der Waals surface area contributed by atoms with Crippen molar-refractivity contribution in [1.29, 1.82) is 0 Å². The van der Waals surface area contributed by atoms with E-state index in [4.69, 9.17) is 0 Å². The van der Waals surface area contributed by atoms with E-state index in [1.54, 1.807) is 0 Å². The third kappa shape index (κ3) is 4.42. The van der Waals surface area contributed by atoms with Gasteiger partial charge in [-0.3, -0.25) is 0 Å². The van der Waals surface area contributed by atoms with E-state index in [9.17, 15) is 0 Å². The number of rotatable bonds is 6. The number of likely N-dealkylation sites (tertiary alicyclic amines) is 1. The lowest BCUT2D eigenvalue weighted by molar-refractivity contribution is 0.198. The molecule has 0 bridgehead atoms. The molecule has 16 heavy (non-hydrogen) atoms. The van der Waals surface area contributed by atoms with Gasteiger partial charge in [-0.25, -0.2) is 0 Å². The molecule has 1 aliphatic heterocycles. The van der Waals surface area contributed by atoms with Crippen LogP contribution in [-0.4, -0.2) is 37.6 Å². The van der Waals surface area contributed by atoms with Crippen molar-refractivity contribution in [2.24, 2.45) is 11.8 Å². The Kier molecular flexibility index (Phi) is 6.37. The predicted molar refractivity (Wildman–Crippen MR) is 71.8 cm³/mol. The maximum Gasteiger partial charge on any atom is 0.00669 e. The van der Waals surface area contributed by atoms with Crippen molar-refractivity contribution in [2.75, 3.05) is 26.7 Å². The Balaban J connectivity index is 2.22. The van der Waals surface area contributed by atoms with Gasteiger partial charge in [0.1, 0.15) is 0 Å². The van der Waals surface area contributed by atoms with Crippen LogP contribution in [0.2, 0.25) is 0 Å². The molecule has 1 fully saturated rings. The SMILES string of the molecule is CCC(CC)C(C)NCC1CCCN(C)C1. The van der Waals surface area contributed by atoms with E-state index in [1.165, 1.54) is 45.3 Å². The Morgan fingerprint density at radius 1 is 1.31 bits per heavy atom. The zero-order valence-electron chi connectivity index (χ0n) is 11.6. The van der Waals surface area contributed by atoms with Crippen LogP contribution in [0.15, 0.2) is 0 Å². The highest BCUT2D eigenvalue weighted by atomic mass is 15.1. The lowest BCUT2D eigenvalue weighted by atomic mass is 9.93. The largest absolute Gasteiger partial charge is 0.314 e. The molecule has 1 saturated heterocycles. The Bertz CT molecular complexity index is 176. The summed E-state index contributed by atoms with van der Waals surface area (Å²) in [5.41, 5.74) is 0. The fraction of sp³-hybridized carbons (Fsp3) is 1.00. The van der Waals surface area contributed by atoms with E-state index < -0.39 is 0 Å². The van der Waals surface area contributed by atoms with Crippen LogP contribution in [0.1, 0.15) is 46.5 Å². The minimum atomic E-state index is 0.683. The van der Waals surface area contributed by atoms with Crippen LogP contribution < -0.4 is 5.32 Å². The average molecular weight is 226 g/mol. The number of nitrogens with one attached hydrogen (secondary N) is 1. The van der Waals surface area contributed by atoms with Gasteiger partial charge in [-0.2, -0.15) is 0 Å². The molecule has 96 valence electrons. The second-order valence-electron chi connectivity index (χ2n) is 5.54. The van der Waals surface area contributed by atoms with Crippen molar-refractivity contribution in [3.63, 3.8) is 0 Å². The topological polar surface area (TPSA) is 15.3 Å². The van der Waals surface area contributed by atoms with E-state index in [0.29, 0.717) is 6.04 Å². The Morgan fingerprint density at radius 3 is 2.56 bits per heavy atom. The molecule has 0 amide bonds. The van der Waals surface area contributed by atoms with Gasteiger partial charge in [0, 0.05) is 12.6 Å². The molecule has 1 rings (SSSR count). The van der Waals surface area contributed by atoms with Gasteiger partial charge in [0.15, 0.2) is 0 Å². The first-order valence-electron chi connectivity index (χ1n) is 7.09. The smallest absolute Gasteiger partial charge is 0.00669 e. The molecule has 0 radical (unpaired) electrons. The van der Waals surface area contributed by atoms with Crippen molar-refractivity contribution in [2.45, 2.75) is 52.5 Å². The highest BCUT2D eigenvalue weighted by Gasteiger charge is 2.19. The van der Waals surface area contributed by atoms with Gasteiger partial charge in [0.05, 0.1) is 0 Å². The molecule has 2 atom stereocenters. The molecule has 0 aromatic heterocycles. The van der Waals surface area contributed by atoms with Crippen molar-refractivity contribution in [3.05, 3.63) is 0 Å². The van der Waals surface area contributed by atoms with E-state index in [0.717, 1.165) is 11.8 Å². The average Bonchev–Trinajstić information content (AvgIpc) is 2.28. The molecular formula is C14H30N2. The summed E-state index contributed by atoms with van der Waals surface area (Å²) in [6.07, 6.45) is 5.39. The van der Waals surface area contributed by atoms with Gasteiger partial charge >= 0.3 is 0 Å². The minimum absolute atomic E-state index is 0.683. The van der Waals surface area contributed by atoms with Crippen molar-refractivity contribution < 1.29 is 0 Å². The molecule has 0 saturated carbocycles. The summed E-state index contributed by atoms with van der Waals surface area (Å²) in [6.45, 7) is 10.7. The van der Waals surface area contributed by atoms with Crippen molar-refractivity contribution in [3.8, 4) is 0 Å². The van der Waals surface area contributed by atoms with E-state index >= 15 is 0 Å². The second kappa shape index (κ2) is 7.29. The zero-order chi connectivity index (χ0) is 12.0. The number of hydrogen-bond acceptors (Lipinski definition) is 2. The molecule has 0 spiro atoms. The van der Waals surface area contributed by atoms with E-state index in [2.05, 4.69) is 38.0 Å². The first kappa shape index (κ1) is 14.0. The van der Waals surface area contributed by atoms with E-state index in [1.807, 2.05) is 0 Å². The molecule has 0 aromatic rings. The highest BCUT2D eigenvalue weighted by molar-refractivity contribution is 4.76. The third-order valence-corrected chi connectivity index (χ3v) is 4.21. The van der Waals surface area contributed by atoms with Gasteiger partial charge in [-0.05, 0) is 51.7 Å². The maximum absolute atomic E-state index is 3.75. The predicted octanol–water partition coefficient (Wildman–Crippen LogP) is 2.74. The fourth-order valence-electron chi connectivity index (χ4n) is 2.95. The molecular weight excluding hydrogens is 196 g/mol. The van der Waals surface area contributed by atoms with E-state index in [-0.39, 0.29) is 0 Å². The Labute approximate surface area is 102 Å². The molecule has 1 aliphatic rings. The van der Waals surface area contributed by atoms with Crippen LogP contribution in [0.3, 0.4) is 0 Å². The van der Waals surface area contributed by atoms with Crippen LogP contribution in [-0.2, 0) is 0 Å². The first-order chi connectivity index (χ1) is 7.67. The molecule has 2 unspecified atom stereocenters. The Morgan fingerprint density at radius 2 is 2.00 bits per heavy atom. The maximum atomic E-state index is 3.75. The van der Waals surface area contributed by atoms with Gasteiger partial charge < -0.3 is 10.2 Å². The zero-order valence-corrected chi connectivity index (χ0v) is 11.6. The summed E-state index contributed by atoms with van der Waals surface area (Å²) in [5.74, 6) is 1.72. The normalized spacial score (nSPS) is 24.9. The van der Waals surface area contributed by atoms with Gasteiger partial charge in [0.2, 0.25) is 0 Å². The monoisotopic (exact) mass is 226 g/mol. The summed E-state index contributed by atoms with van der Waals surface area (Å²) in [6, 6.07) is 0.683. The highest BCUT2D eigenvalue weighted by Crippen LogP contribution is 2.16. The lowest BCUT2D eigenvalue weighted by Gasteiger charge is -2.32. The number of nitrogens with zero attached hydrogens (tertiary/aromatic N) is 1. The second-order valence-corrected chi connectivity index (χ2v) is 5.54. The summed E-state index contributed by atoms with van der Waals surface area (Å²) < 4.78 is 0. The van der Waals surface area contributed by atoms with Gasteiger partial charge in [-0.15, -0.1) is 0 Å². The number of piperidine rings is 1. The lowest BCUT2D eigenvalue weighted by Crippen LogP contribution is -2.41. The van der Waals surface area contributed by atoms with Crippen LogP contribution in [0, 0.1) is 11.8 Å². The fourth-order valence-corrected chi connectivity index (χ4v) is 2.95. The molecule has 1 heterocycles. The molecule has 0 aromatic carbocycles.